The van der Waals surface area contributed by atoms with E-state index in [0.717, 1.165) is 0 Å². The first-order valence-corrected chi connectivity index (χ1v) is 4.21. The van der Waals surface area contributed by atoms with Gasteiger partial charge < -0.3 is 16.8 Å². The lowest BCUT2D eigenvalue weighted by Gasteiger charge is -2.33. The van der Waals surface area contributed by atoms with Gasteiger partial charge >= 0.3 is 0 Å². The number of rotatable bonds is 1. The Morgan fingerprint density at radius 2 is 2.29 bits per heavy atom. The van der Waals surface area contributed by atoms with Crippen molar-refractivity contribution in [1.29, 1.82) is 0 Å². The van der Waals surface area contributed by atoms with Gasteiger partial charge in [0.15, 0.2) is 5.66 Å². The monoisotopic (exact) mass is 192 g/mol. The minimum atomic E-state index is -0.584. The fourth-order valence-corrected chi connectivity index (χ4v) is 1.31. The first-order valence-electron chi connectivity index (χ1n) is 4.21. The van der Waals surface area contributed by atoms with Gasteiger partial charge in [0.05, 0.1) is 11.9 Å². The highest BCUT2D eigenvalue weighted by atomic mass is 15.5. The SMILES string of the molecule is CC1(n2ccnn2)NC=C(N)C=C1N. The molecule has 2 heterocycles. The number of hydrogen-bond donors (Lipinski definition) is 3. The summed E-state index contributed by atoms with van der Waals surface area (Å²) in [5.74, 6) is 0. The highest BCUT2D eigenvalue weighted by molar-refractivity contribution is 5.29. The number of hydrogen-bond acceptors (Lipinski definition) is 5. The highest BCUT2D eigenvalue weighted by Crippen LogP contribution is 2.21. The van der Waals surface area contributed by atoms with Crippen molar-refractivity contribution in [2.24, 2.45) is 11.5 Å². The number of nitrogens with one attached hydrogen (secondary N) is 1. The van der Waals surface area contributed by atoms with Crippen LogP contribution in [0.4, 0.5) is 0 Å². The van der Waals surface area contributed by atoms with Crippen LogP contribution in [0.25, 0.3) is 0 Å². The van der Waals surface area contributed by atoms with Crippen molar-refractivity contribution in [1.82, 2.24) is 20.3 Å². The average Bonchev–Trinajstić information content (AvgIpc) is 2.65. The Morgan fingerprint density at radius 3 is 2.86 bits per heavy atom. The van der Waals surface area contributed by atoms with Crippen LogP contribution in [0.5, 0.6) is 0 Å². The molecule has 0 spiro atoms. The molecule has 0 saturated carbocycles. The summed E-state index contributed by atoms with van der Waals surface area (Å²) in [6, 6.07) is 0. The van der Waals surface area contributed by atoms with E-state index in [1.165, 1.54) is 0 Å². The number of allylic oxidation sites excluding steroid dienone is 1. The van der Waals surface area contributed by atoms with Crippen LogP contribution < -0.4 is 16.8 Å². The number of nitrogens with two attached hydrogens (primary N) is 2. The van der Waals surface area contributed by atoms with E-state index in [2.05, 4.69) is 15.6 Å². The third kappa shape index (κ3) is 1.12. The van der Waals surface area contributed by atoms with Gasteiger partial charge in [-0.05, 0) is 13.0 Å². The topological polar surface area (TPSA) is 94.8 Å². The predicted molar refractivity (Wildman–Crippen MR) is 51.3 cm³/mol. The summed E-state index contributed by atoms with van der Waals surface area (Å²) in [6.45, 7) is 1.90. The average molecular weight is 192 g/mol. The third-order valence-electron chi connectivity index (χ3n) is 2.28. The van der Waals surface area contributed by atoms with Gasteiger partial charge in [-0.15, -0.1) is 5.10 Å². The van der Waals surface area contributed by atoms with Gasteiger partial charge in [0, 0.05) is 18.1 Å². The smallest absolute Gasteiger partial charge is 0.170 e. The van der Waals surface area contributed by atoms with E-state index in [-0.39, 0.29) is 0 Å². The summed E-state index contributed by atoms with van der Waals surface area (Å²) in [5.41, 5.74) is 12.1. The van der Waals surface area contributed by atoms with E-state index in [1.54, 1.807) is 29.4 Å². The van der Waals surface area contributed by atoms with Gasteiger partial charge in [0.1, 0.15) is 0 Å². The summed E-state index contributed by atoms with van der Waals surface area (Å²) >= 11 is 0. The van der Waals surface area contributed by atoms with Crippen LogP contribution in [0, 0.1) is 0 Å². The van der Waals surface area contributed by atoms with Crippen LogP contribution in [-0.2, 0) is 5.66 Å². The second kappa shape index (κ2) is 2.76. The molecule has 1 aromatic heterocycles. The molecule has 6 heteroatoms. The Hall–Kier alpha value is -1.98. The second-order valence-corrected chi connectivity index (χ2v) is 3.31. The fourth-order valence-electron chi connectivity index (χ4n) is 1.31. The molecule has 0 bridgehead atoms. The second-order valence-electron chi connectivity index (χ2n) is 3.31. The molecule has 0 amide bonds. The molecule has 1 unspecified atom stereocenters. The van der Waals surface area contributed by atoms with E-state index in [4.69, 9.17) is 11.5 Å². The summed E-state index contributed by atoms with van der Waals surface area (Å²) < 4.78 is 1.64. The van der Waals surface area contributed by atoms with E-state index in [1.807, 2.05) is 6.92 Å². The zero-order valence-corrected chi connectivity index (χ0v) is 7.81. The van der Waals surface area contributed by atoms with Gasteiger partial charge in [-0.25, -0.2) is 4.68 Å². The Morgan fingerprint density at radius 1 is 1.50 bits per heavy atom. The van der Waals surface area contributed by atoms with E-state index < -0.39 is 5.66 Å². The van der Waals surface area contributed by atoms with Crippen molar-refractivity contribution in [3.63, 3.8) is 0 Å². The quantitative estimate of drug-likeness (QED) is 0.541. The molecule has 74 valence electrons. The summed E-state index contributed by atoms with van der Waals surface area (Å²) in [4.78, 5) is 0. The van der Waals surface area contributed by atoms with E-state index in [0.29, 0.717) is 11.4 Å². The molecular formula is C8H12N6. The summed E-state index contributed by atoms with van der Waals surface area (Å²) in [7, 11) is 0. The maximum atomic E-state index is 5.88. The molecule has 0 fully saturated rings. The standard InChI is InChI=1S/C8H12N6/c1-8(14-3-2-12-13-14)7(10)4-6(9)5-11-8/h2-5,11H,9-10H2,1H3. The highest BCUT2D eigenvalue weighted by Gasteiger charge is 2.31. The fraction of sp³-hybridized carbons (Fsp3) is 0.250. The lowest BCUT2D eigenvalue weighted by Crippen LogP contribution is -2.49. The van der Waals surface area contributed by atoms with Crippen molar-refractivity contribution >= 4 is 0 Å². The van der Waals surface area contributed by atoms with Crippen LogP contribution in [0.3, 0.4) is 0 Å². The van der Waals surface area contributed by atoms with E-state index in [9.17, 15) is 0 Å². The predicted octanol–water partition coefficient (Wildman–Crippen LogP) is -0.803. The first-order chi connectivity index (χ1) is 6.63. The Bertz CT molecular complexity index is 390. The van der Waals surface area contributed by atoms with Gasteiger partial charge in [0.25, 0.3) is 0 Å². The molecule has 5 N–H and O–H groups in total. The first kappa shape index (κ1) is 8.61. The van der Waals surface area contributed by atoms with Crippen LogP contribution in [-0.4, -0.2) is 15.0 Å². The van der Waals surface area contributed by atoms with Crippen LogP contribution in [0.1, 0.15) is 6.92 Å². The molecule has 1 aliphatic heterocycles. The minimum Gasteiger partial charge on any atom is -0.398 e. The molecule has 1 atom stereocenters. The maximum Gasteiger partial charge on any atom is 0.170 e. The zero-order valence-electron chi connectivity index (χ0n) is 7.81. The minimum absolute atomic E-state index is 0.584. The Labute approximate surface area is 81.3 Å². The summed E-state index contributed by atoms with van der Waals surface area (Å²) in [5, 5.41) is 10.7. The molecule has 1 aromatic rings. The maximum absolute atomic E-state index is 5.88. The molecule has 2 rings (SSSR count). The normalized spacial score (nSPS) is 26.4. The van der Waals surface area contributed by atoms with Crippen LogP contribution in [0.15, 0.2) is 36.1 Å². The molecule has 6 nitrogen and oxygen atoms in total. The number of dihydropyridines is 1. The Balaban J connectivity index is 2.41. The van der Waals surface area contributed by atoms with Crippen molar-refractivity contribution in [3.8, 4) is 0 Å². The van der Waals surface area contributed by atoms with Gasteiger partial charge in [-0.2, -0.15) is 0 Å². The molecule has 0 radical (unpaired) electrons. The van der Waals surface area contributed by atoms with Crippen molar-refractivity contribution < 1.29 is 0 Å². The lowest BCUT2D eigenvalue weighted by molar-refractivity contribution is 0.290. The molecule has 0 saturated heterocycles. The van der Waals surface area contributed by atoms with E-state index >= 15 is 0 Å². The number of nitrogens with zero attached hydrogens (tertiary/aromatic N) is 3. The largest absolute Gasteiger partial charge is 0.398 e. The van der Waals surface area contributed by atoms with Crippen LogP contribution in [0.2, 0.25) is 0 Å². The van der Waals surface area contributed by atoms with Gasteiger partial charge in [-0.1, -0.05) is 5.21 Å². The molecule has 0 aliphatic carbocycles. The van der Waals surface area contributed by atoms with Crippen molar-refractivity contribution in [2.75, 3.05) is 0 Å². The van der Waals surface area contributed by atoms with Crippen LogP contribution >= 0.6 is 0 Å². The zero-order chi connectivity index (χ0) is 10.2. The molecule has 14 heavy (non-hydrogen) atoms. The number of aromatic nitrogens is 3. The Kier molecular flexibility index (Phi) is 1.70. The lowest BCUT2D eigenvalue weighted by atomic mass is 10.1. The van der Waals surface area contributed by atoms with Crippen molar-refractivity contribution in [2.45, 2.75) is 12.6 Å². The summed E-state index contributed by atoms with van der Waals surface area (Å²) in [6.07, 6.45) is 6.74. The van der Waals surface area contributed by atoms with Gasteiger partial charge in [-0.3, -0.25) is 0 Å². The van der Waals surface area contributed by atoms with Crippen molar-refractivity contribution in [3.05, 3.63) is 36.1 Å². The molecule has 1 aliphatic rings. The molecule has 0 aromatic carbocycles. The van der Waals surface area contributed by atoms with Gasteiger partial charge in [0.2, 0.25) is 0 Å². The molecular weight excluding hydrogens is 180 g/mol. The third-order valence-corrected chi connectivity index (χ3v) is 2.28.